The molecule has 57 heavy (non-hydrogen) atoms. The zero-order valence-electron chi connectivity index (χ0n) is 32.6. The van der Waals surface area contributed by atoms with Crippen LogP contribution >= 0.6 is 0 Å². The minimum Gasteiger partial charge on any atom is -0.508 e. The summed E-state index contributed by atoms with van der Waals surface area (Å²) in [6.45, 7) is 5.28. The zero-order valence-corrected chi connectivity index (χ0v) is 32.6. The van der Waals surface area contributed by atoms with Crippen LogP contribution in [0.1, 0.15) is 44.1 Å². The summed E-state index contributed by atoms with van der Waals surface area (Å²) in [5.41, 5.74) is 0.354. The van der Waals surface area contributed by atoms with E-state index in [0.717, 1.165) is 58.3 Å². The number of piperazine rings is 1. The highest BCUT2D eigenvalue weighted by molar-refractivity contribution is 6.18. The molecule has 1 aliphatic carbocycles. The number of terminal acetylenes is 1. The Balaban J connectivity index is 1.18. The summed E-state index contributed by atoms with van der Waals surface area (Å²) in [5.74, 6) is 1.57. The highest BCUT2D eigenvalue weighted by Crippen LogP contribution is 2.49. The SMILES string of the molecule is C#Cc1c(F)ccc2cc(O)cc(-c3c(F)c4nc(OCC5(CN6CC[C@@H](OC)[C@@H](F)C6)CC5)nc(N5[C@@H]6CC[C@H]5CN(CCCOC)C6)c4c4cn(C)nc34)c12. The van der Waals surface area contributed by atoms with E-state index in [9.17, 15) is 9.50 Å². The van der Waals surface area contributed by atoms with Crippen molar-refractivity contribution < 1.29 is 32.5 Å². The average Bonchev–Trinajstić information content (AvgIpc) is 3.76. The maximum Gasteiger partial charge on any atom is 0.319 e. The van der Waals surface area contributed by atoms with E-state index in [1.165, 1.54) is 24.3 Å². The van der Waals surface area contributed by atoms with E-state index in [2.05, 4.69) is 20.6 Å². The molecule has 1 saturated carbocycles. The monoisotopic (exact) mass is 783 g/mol. The van der Waals surface area contributed by atoms with Crippen LogP contribution in [0.4, 0.5) is 19.0 Å². The van der Waals surface area contributed by atoms with Crippen LogP contribution in [0.3, 0.4) is 0 Å². The minimum absolute atomic E-state index is 0.0364. The Labute approximate surface area is 329 Å². The van der Waals surface area contributed by atoms with Crippen molar-refractivity contribution in [2.45, 2.75) is 62.9 Å². The number of phenolic OH excluding ortho intramolecular Hbond substituents is 1. The third-order valence-electron chi connectivity index (χ3n) is 12.6. The number of nitrogens with zero attached hydrogens (tertiary/aromatic N) is 7. The zero-order chi connectivity index (χ0) is 39.6. The molecule has 0 radical (unpaired) electrons. The van der Waals surface area contributed by atoms with Crippen molar-refractivity contribution in [1.29, 1.82) is 0 Å². The Morgan fingerprint density at radius 3 is 2.49 bits per heavy atom. The Bertz CT molecular complexity index is 2380. The van der Waals surface area contributed by atoms with E-state index >= 15 is 8.78 Å². The molecule has 4 aliphatic rings. The number of halogens is 3. The van der Waals surface area contributed by atoms with Gasteiger partial charge in [0.2, 0.25) is 0 Å². The number of likely N-dealkylation sites (tertiary alicyclic amines) is 2. The standard InChI is InChI=1S/C43H48F3N7O4/c1-5-29-32(44)10-7-25-17-28(54)18-30(35(25)29)36-38(46)40-37(31-21-50(2)49-39(31)36)41(53-26-8-9-27(53)20-51(19-26)14-6-16-55-3)48-42(47-40)57-24-43(12-13-43)23-52-15-11-34(56-4)33(45)22-52/h1,7,10,17-18,21,26-27,33-34,54H,6,8-9,11-16,19-20,22-24H2,2-4H3/t26-,27+,33-,34+/m0/s1. The number of fused-ring (bicyclic) bond motifs is 6. The van der Waals surface area contributed by atoms with Crippen LogP contribution in [0.25, 0.3) is 43.7 Å². The van der Waals surface area contributed by atoms with Gasteiger partial charge in [-0.15, -0.1) is 6.42 Å². The molecular formula is C43H48F3N7O4. The lowest BCUT2D eigenvalue weighted by atomic mass is 9.91. The van der Waals surface area contributed by atoms with Crippen LogP contribution in [-0.2, 0) is 16.5 Å². The van der Waals surface area contributed by atoms with Crippen LogP contribution < -0.4 is 9.64 Å². The van der Waals surface area contributed by atoms with Gasteiger partial charge < -0.3 is 24.2 Å². The number of rotatable bonds is 12. The quantitative estimate of drug-likeness (QED) is 0.116. The van der Waals surface area contributed by atoms with E-state index in [4.69, 9.17) is 35.7 Å². The van der Waals surface area contributed by atoms with Crippen molar-refractivity contribution in [3.63, 3.8) is 0 Å². The van der Waals surface area contributed by atoms with E-state index in [1.807, 2.05) is 6.20 Å². The molecule has 5 heterocycles. The summed E-state index contributed by atoms with van der Waals surface area (Å²) in [4.78, 5) is 16.9. The molecule has 3 aliphatic heterocycles. The minimum atomic E-state index is -1.05. The number of benzene rings is 3. The van der Waals surface area contributed by atoms with Gasteiger partial charge in [0, 0.05) is 107 Å². The Kier molecular flexibility index (Phi) is 9.91. The largest absolute Gasteiger partial charge is 0.508 e. The highest BCUT2D eigenvalue weighted by Gasteiger charge is 2.47. The van der Waals surface area contributed by atoms with Gasteiger partial charge in [0.15, 0.2) is 5.82 Å². The van der Waals surface area contributed by atoms with Crippen LogP contribution in [0.2, 0.25) is 0 Å². The lowest BCUT2D eigenvalue weighted by Crippen LogP contribution is -2.54. The lowest BCUT2D eigenvalue weighted by Gasteiger charge is -2.42. The molecule has 300 valence electrons. The maximum absolute atomic E-state index is 17.8. The first-order valence-corrected chi connectivity index (χ1v) is 19.9. The van der Waals surface area contributed by atoms with Gasteiger partial charge in [-0.05, 0) is 67.7 Å². The van der Waals surface area contributed by atoms with E-state index in [-0.39, 0.29) is 63.0 Å². The number of ether oxygens (including phenoxy) is 3. The number of methoxy groups -OCH3 is 2. The second-order valence-corrected chi connectivity index (χ2v) is 16.5. The normalized spacial score (nSPS) is 23.5. The summed E-state index contributed by atoms with van der Waals surface area (Å²) < 4.78 is 66.7. The predicted octanol–water partition coefficient (Wildman–Crippen LogP) is 6.21. The van der Waals surface area contributed by atoms with Gasteiger partial charge in [-0.1, -0.05) is 12.0 Å². The number of piperidine rings is 1. The molecule has 9 rings (SSSR count). The molecule has 2 aromatic heterocycles. The number of anilines is 1. The van der Waals surface area contributed by atoms with Gasteiger partial charge in [-0.2, -0.15) is 15.1 Å². The molecular weight excluding hydrogens is 736 g/mol. The topological polar surface area (TPSA) is 101 Å². The summed E-state index contributed by atoms with van der Waals surface area (Å²) >= 11 is 0. The third kappa shape index (κ3) is 6.82. The molecule has 4 atom stereocenters. The second-order valence-electron chi connectivity index (χ2n) is 16.5. The molecule has 14 heteroatoms. The van der Waals surface area contributed by atoms with Crippen LogP contribution in [0.5, 0.6) is 11.8 Å². The second kappa shape index (κ2) is 14.9. The van der Waals surface area contributed by atoms with Gasteiger partial charge in [0.1, 0.15) is 34.6 Å². The number of aromatic hydroxyl groups is 1. The molecule has 3 saturated heterocycles. The highest BCUT2D eigenvalue weighted by atomic mass is 19.1. The Morgan fingerprint density at radius 2 is 1.79 bits per heavy atom. The average molecular weight is 784 g/mol. The number of hydrogen-bond donors (Lipinski definition) is 1. The lowest BCUT2D eigenvalue weighted by molar-refractivity contribution is -0.0281. The number of aryl methyl sites for hydroxylation is 1. The maximum atomic E-state index is 17.8. The fourth-order valence-corrected chi connectivity index (χ4v) is 9.70. The van der Waals surface area contributed by atoms with Crippen LogP contribution in [-0.4, -0.2) is 126 Å². The Hall–Kier alpha value is -4.68. The molecule has 2 bridgehead atoms. The van der Waals surface area contributed by atoms with Gasteiger partial charge in [0.25, 0.3) is 0 Å². The fourth-order valence-electron chi connectivity index (χ4n) is 9.70. The first-order valence-electron chi connectivity index (χ1n) is 19.9. The molecule has 4 fully saturated rings. The van der Waals surface area contributed by atoms with E-state index < -0.39 is 17.8 Å². The van der Waals surface area contributed by atoms with E-state index in [1.54, 1.807) is 25.9 Å². The summed E-state index contributed by atoms with van der Waals surface area (Å²) in [6, 6.07) is 5.94. The van der Waals surface area contributed by atoms with Crippen molar-refractivity contribution >= 4 is 38.4 Å². The van der Waals surface area contributed by atoms with Gasteiger partial charge in [0.05, 0.1) is 23.7 Å². The Morgan fingerprint density at radius 1 is 1.00 bits per heavy atom. The fraction of sp³-hybridized carbons (Fsp3) is 0.512. The molecule has 11 nitrogen and oxygen atoms in total. The van der Waals surface area contributed by atoms with Crippen molar-refractivity contribution in [2.75, 3.05) is 71.6 Å². The number of hydrogen-bond acceptors (Lipinski definition) is 10. The van der Waals surface area contributed by atoms with Gasteiger partial charge in [-0.25, -0.2) is 13.2 Å². The number of alkyl halides is 1. The summed E-state index contributed by atoms with van der Waals surface area (Å²) in [6.07, 6.45) is 11.5. The van der Waals surface area contributed by atoms with Crippen molar-refractivity contribution in [1.82, 2.24) is 29.5 Å². The molecule has 1 N–H and O–H groups in total. The third-order valence-corrected chi connectivity index (χ3v) is 12.6. The molecule has 5 aromatic rings. The molecule has 0 amide bonds. The van der Waals surface area contributed by atoms with Crippen LogP contribution in [0, 0.1) is 29.4 Å². The van der Waals surface area contributed by atoms with E-state index in [0.29, 0.717) is 60.2 Å². The number of aromatic nitrogens is 4. The molecule has 0 spiro atoms. The van der Waals surface area contributed by atoms with Crippen molar-refractivity contribution in [3.05, 3.63) is 47.7 Å². The van der Waals surface area contributed by atoms with Gasteiger partial charge >= 0.3 is 6.01 Å². The van der Waals surface area contributed by atoms with Gasteiger partial charge in [-0.3, -0.25) is 14.5 Å². The smallest absolute Gasteiger partial charge is 0.319 e. The molecule has 0 unspecified atom stereocenters. The summed E-state index contributed by atoms with van der Waals surface area (Å²) in [7, 11) is 5.04. The first kappa shape index (κ1) is 37.9. The first-order chi connectivity index (χ1) is 27.6. The predicted molar refractivity (Wildman–Crippen MR) is 212 cm³/mol. The van der Waals surface area contributed by atoms with Crippen molar-refractivity contribution in [3.8, 4) is 35.2 Å². The van der Waals surface area contributed by atoms with Crippen LogP contribution in [0.15, 0.2) is 30.5 Å². The molecule has 3 aromatic carbocycles. The number of phenols is 1. The van der Waals surface area contributed by atoms with Crippen molar-refractivity contribution in [2.24, 2.45) is 12.5 Å². The summed E-state index contributed by atoms with van der Waals surface area (Å²) in [5, 5.41) is 17.6.